The SMILES string of the molecule is Cc1cc(C)c(COC(=O)C2CCC3C(C(=O)O)C23)c(C)c1. The lowest BCUT2D eigenvalue weighted by Crippen LogP contribution is -2.21. The minimum atomic E-state index is -0.766. The number of carboxylic acids is 1. The zero-order valence-electron chi connectivity index (χ0n) is 13.3. The van der Waals surface area contributed by atoms with Gasteiger partial charge in [0.25, 0.3) is 0 Å². The molecule has 2 aliphatic rings. The molecule has 0 spiro atoms. The Morgan fingerprint density at radius 2 is 1.82 bits per heavy atom. The number of hydrogen-bond acceptors (Lipinski definition) is 3. The van der Waals surface area contributed by atoms with E-state index in [9.17, 15) is 9.59 Å². The maximum absolute atomic E-state index is 12.3. The van der Waals surface area contributed by atoms with E-state index in [1.807, 2.05) is 20.8 Å². The van der Waals surface area contributed by atoms with Crippen LogP contribution in [0.3, 0.4) is 0 Å². The van der Waals surface area contributed by atoms with Gasteiger partial charge in [0.1, 0.15) is 6.61 Å². The second-order valence-corrected chi connectivity index (χ2v) is 6.77. The van der Waals surface area contributed by atoms with Gasteiger partial charge in [0.05, 0.1) is 11.8 Å². The Morgan fingerprint density at radius 3 is 2.36 bits per heavy atom. The van der Waals surface area contributed by atoms with Crippen molar-refractivity contribution >= 4 is 11.9 Å². The van der Waals surface area contributed by atoms with E-state index in [4.69, 9.17) is 9.84 Å². The number of esters is 1. The zero-order valence-corrected chi connectivity index (χ0v) is 13.3. The molecule has 2 fully saturated rings. The van der Waals surface area contributed by atoms with Crippen molar-refractivity contribution in [1.29, 1.82) is 0 Å². The van der Waals surface area contributed by atoms with Crippen molar-refractivity contribution in [3.63, 3.8) is 0 Å². The van der Waals surface area contributed by atoms with Crippen LogP contribution in [0.2, 0.25) is 0 Å². The Hall–Kier alpha value is -1.84. The molecule has 1 aromatic carbocycles. The van der Waals surface area contributed by atoms with Crippen LogP contribution in [0.4, 0.5) is 0 Å². The molecule has 3 rings (SSSR count). The number of benzene rings is 1. The first-order valence-corrected chi connectivity index (χ1v) is 7.86. The number of aryl methyl sites for hydroxylation is 3. The van der Waals surface area contributed by atoms with Crippen LogP contribution in [0.5, 0.6) is 0 Å². The molecule has 4 nitrogen and oxygen atoms in total. The highest BCUT2D eigenvalue weighted by Crippen LogP contribution is 2.60. The number of carbonyl (C=O) groups is 2. The summed E-state index contributed by atoms with van der Waals surface area (Å²) in [7, 11) is 0. The minimum absolute atomic E-state index is 0.00483. The van der Waals surface area contributed by atoms with E-state index in [0.29, 0.717) is 0 Å². The lowest BCUT2D eigenvalue weighted by Gasteiger charge is -2.15. The van der Waals surface area contributed by atoms with Crippen LogP contribution in [0.1, 0.15) is 35.1 Å². The third kappa shape index (κ3) is 2.51. The number of rotatable bonds is 4. The van der Waals surface area contributed by atoms with E-state index in [1.165, 1.54) is 5.56 Å². The van der Waals surface area contributed by atoms with Crippen LogP contribution < -0.4 is 0 Å². The summed E-state index contributed by atoms with van der Waals surface area (Å²) < 4.78 is 5.51. The number of aliphatic carboxylic acids is 1. The van der Waals surface area contributed by atoms with Gasteiger partial charge in [-0.15, -0.1) is 0 Å². The maximum Gasteiger partial charge on any atom is 0.309 e. The Kier molecular flexibility index (Phi) is 3.71. The predicted molar refractivity (Wildman–Crippen MR) is 81.3 cm³/mol. The molecule has 0 amide bonds. The number of carbonyl (C=O) groups excluding carboxylic acids is 1. The van der Waals surface area contributed by atoms with Crippen molar-refractivity contribution in [2.45, 2.75) is 40.2 Å². The van der Waals surface area contributed by atoms with Crippen molar-refractivity contribution in [3.8, 4) is 0 Å². The lowest BCUT2D eigenvalue weighted by atomic mass is 9.99. The summed E-state index contributed by atoms with van der Waals surface area (Å²) in [6.45, 7) is 6.38. The largest absolute Gasteiger partial charge is 0.481 e. The molecule has 2 aliphatic carbocycles. The zero-order chi connectivity index (χ0) is 16.0. The van der Waals surface area contributed by atoms with Crippen LogP contribution in [-0.4, -0.2) is 17.0 Å². The molecule has 4 unspecified atom stereocenters. The smallest absolute Gasteiger partial charge is 0.309 e. The van der Waals surface area contributed by atoms with Crippen LogP contribution >= 0.6 is 0 Å². The fraction of sp³-hybridized carbons (Fsp3) is 0.556. The molecule has 0 saturated heterocycles. The summed E-state index contributed by atoms with van der Waals surface area (Å²) in [4.78, 5) is 23.4. The standard InChI is InChI=1S/C18H22O4/c1-9-6-10(2)14(11(3)7-9)8-22-18(21)13-5-4-12-15(13)16(12)17(19)20/h6-7,12-13,15-16H,4-5,8H2,1-3H3,(H,19,20). The van der Waals surface area contributed by atoms with Crippen molar-refractivity contribution in [2.75, 3.05) is 0 Å². The Morgan fingerprint density at radius 1 is 1.18 bits per heavy atom. The normalized spacial score (nSPS) is 29.0. The van der Waals surface area contributed by atoms with Crippen LogP contribution in [0.25, 0.3) is 0 Å². The first-order valence-electron chi connectivity index (χ1n) is 7.86. The fourth-order valence-corrected chi connectivity index (χ4v) is 4.20. The molecule has 4 heteroatoms. The molecule has 0 bridgehead atoms. The fourth-order valence-electron chi connectivity index (χ4n) is 4.20. The van der Waals surface area contributed by atoms with Gasteiger partial charge in [0, 0.05) is 0 Å². The Balaban J connectivity index is 1.63. The predicted octanol–water partition coefficient (Wildman–Crippen LogP) is 3.01. The highest BCUT2D eigenvalue weighted by molar-refractivity contribution is 5.80. The highest BCUT2D eigenvalue weighted by Gasteiger charge is 2.63. The molecule has 1 N–H and O–H groups in total. The molecule has 4 atom stereocenters. The van der Waals surface area contributed by atoms with E-state index < -0.39 is 5.97 Å². The molecule has 118 valence electrons. The van der Waals surface area contributed by atoms with E-state index in [-0.39, 0.29) is 36.2 Å². The van der Waals surface area contributed by atoms with Crippen molar-refractivity contribution in [3.05, 3.63) is 34.4 Å². The van der Waals surface area contributed by atoms with Crippen molar-refractivity contribution < 1.29 is 19.4 Å². The number of hydrogen-bond donors (Lipinski definition) is 1. The summed E-state index contributed by atoms with van der Waals surface area (Å²) >= 11 is 0. The lowest BCUT2D eigenvalue weighted by molar-refractivity contribution is -0.151. The quantitative estimate of drug-likeness (QED) is 0.868. The number of carboxylic acid groups (broad SMARTS) is 1. The van der Waals surface area contributed by atoms with Crippen molar-refractivity contribution in [1.82, 2.24) is 0 Å². The summed E-state index contributed by atoms with van der Waals surface area (Å²) in [5, 5.41) is 9.11. The first-order chi connectivity index (χ1) is 10.4. The van der Waals surface area contributed by atoms with Crippen LogP contribution in [-0.2, 0) is 20.9 Å². The molecule has 0 radical (unpaired) electrons. The Bertz CT molecular complexity index is 611. The maximum atomic E-state index is 12.3. The van der Waals surface area contributed by atoms with Crippen LogP contribution in [0.15, 0.2) is 12.1 Å². The molecule has 2 saturated carbocycles. The molecule has 0 aromatic heterocycles. The molecule has 0 aliphatic heterocycles. The van der Waals surface area contributed by atoms with Gasteiger partial charge in [-0.2, -0.15) is 0 Å². The summed E-state index contributed by atoms with van der Waals surface area (Å²) in [5.41, 5.74) is 4.51. The monoisotopic (exact) mass is 302 g/mol. The van der Waals surface area contributed by atoms with Gasteiger partial charge in [-0.05, 0) is 62.1 Å². The van der Waals surface area contributed by atoms with Gasteiger partial charge in [-0.25, -0.2) is 0 Å². The Labute approximate surface area is 130 Å². The van der Waals surface area contributed by atoms with E-state index in [1.54, 1.807) is 0 Å². The van der Waals surface area contributed by atoms with Gasteiger partial charge in [-0.3, -0.25) is 9.59 Å². The third-order valence-electron chi connectivity index (χ3n) is 5.29. The van der Waals surface area contributed by atoms with Crippen LogP contribution in [0, 0.1) is 44.4 Å². The van der Waals surface area contributed by atoms with E-state index in [2.05, 4.69) is 12.1 Å². The average molecular weight is 302 g/mol. The number of ether oxygens (including phenoxy) is 1. The van der Waals surface area contributed by atoms with E-state index in [0.717, 1.165) is 29.5 Å². The third-order valence-corrected chi connectivity index (χ3v) is 5.29. The van der Waals surface area contributed by atoms with Gasteiger partial charge < -0.3 is 9.84 Å². The minimum Gasteiger partial charge on any atom is -0.481 e. The summed E-state index contributed by atoms with van der Waals surface area (Å²) in [6, 6.07) is 4.17. The second kappa shape index (κ2) is 5.41. The van der Waals surface area contributed by atoms with E-state index >= 15 is 0 Å². The van der Waals surface area contributed by atoms with Gasteiger partial charge in [0.15, 0.2) is 0 Å². The second-order valence-electron chi connectivity index (χ2n) is 6.77. The highest BCUT2D eigenvalue weighted by atomic mass is 16.5. The molecule has 22 heavy (non-hydrogen) atoms. The summed E-state index contributed by atoms with van der Waals surface area (Å²) in [5.74, 6) is -1.34. The van der Waals surface area contributed by atoms with Crippen molar-refractivity contribution in [2.24, 2.45) is 23.7 Å². The first kappa shape index (κ1) is 15.1. The molecule has 1 aromatic rings. The number of fused-ring (bicyclic) bond motifs is 1. The molecular formula is C18H22O4. The van der Waals surface area contributed by atoms with Gasteiger partial charge in [0.2, 0.25) is 0 Å². The molecular weight excluding hydrogens is 280 g/mol. The molecule has 0 heterocycles. The van der Waals surface area contributed by atoms with Gasteiger partial charge >= 0.3 is 11.9 Å². The topological polar surface area (TPSA) is 63.6 Å². The van der Waals surface area contributed by atoms with Gasteiger partial charge in [-0.1, -0.05) is 17.7 Å². The average Bonchev–Trinajstić information content (AvgIpc) is 2.98. The summed E-state index contributed by atoms with van der Waals surface area (Å²) in [6.07, 6.45) is 1.60.